The fourth-order valence-corrected chi connectivity index (χ4v) is 1.34. The van der Waals surface area contributed by atoms with Gasteiger partial charge in [0.15, 0.2) is 0 Å². The van der Waals surface area contributed by atoms with E-state index in [1.54, 1.807) is 0 Å². The number of nitrogens with one attached hydrogen (secondary N) is 1. The number of carbonyl (C=O) groups is 1. The molecule has 74 valence electrons. The summed E-state index contributed by atoms with van der Waals surface area (Å²) in [5, 5.41) is 2.84. The average molecular weight is 183 g/mol. The molecule has 1 unspecified atom stereocenters. The predicted octanol–water partition coefficient (Wildman–Crippen LogP) is 2.23. The zero-order chi connectivity index (χ0) is 9.68. The molecule has 0 saturated heterocycles. The topological polar surface area (TPSA) is 38.3 Å². The minimum Gasteiger partial charge on any atom is -0.447 e. The summed E-state index contributed by atoms with van der Waals surface area (Å²) < 4.78 is 4.98. The molecule has 0 saturated carbocycles. The van der Waals surface area contributed by atoms with Crippen LogP contribution in [0.1, 0.15) is 33.1 Å². The molecule has 3 nitrogen and oxygen atoms in total. The molecule has 1 N–H and O–H groups in total. The lowest BCUT2D eigenvalue weighted by molar-refractivity contribution is 0.111. The van der Waals surface area contributed by atoms with Crippen molar-refractivity contribution < 1.29 is 9.53 Å². The Labute approximate surface area is 79.2 Å². The monoisotopic (exact) mass is 183 g/mol. The van der Waals surface area contributed by atoms with Crippen LogP contribution in [-0.2, 0) is 4.74 Å². The summed E-state index contributed by atoms with van der Waals surface area (Å²) >= 11 is 0. The summed E-state index contributed by atoms with van der Waals surface area (Å²) in [6, 6.07) is 0.260. The van der Waals surface area contributed by atoms with Gasteiger partial charge < -0.3 is 10.1 Å². The van der Waals surface area contributed by atoms with E-state index >= 15 is 0 Å². The van der Waals surface area contributed by atoms with Gasteiger partial charge in [-0.1, -0.05) is 12.2 Å². The maximum atomic E-state index is 11.2. The normalized spacial score (nSPS) is 21.6. The molecule has 0 heterocycles. The van der Waals surface area contributed by atoms with Gasteiger partial charge in [0.2, 0.25) is 0 Å². The number of amides is 1. The van der Waals surface area contributed by atoms with Gasteiger partial charge in [0, 0.05) is 6.04 Å². The van der Waals surface area contributed by atoms with Crippen LogP contribution in [-0.4, -0.2) is 18.2 Å². The highest BCUT2D eigenvalue weighted by Gasteiger charge is 2.13. The van der Waals surface area contributed by atoms with Gasteiger partial charge in [0.1, 0.15) is 0 Å². The minimum absolute atomic E-state index is 0.0425. The van der Waals surface area contributed by atoms with Crippen LogP contribution in [0, 0.1) is 0 Å². The lowest BCUT2D eigenvalue weighted by Crippen LogP contribution is -2.36. The first-order chi connectivity index (χ1) is 6.18. The van der Waals surface area contributed by atoms with Crippen LogP contribution >= 0.6 is 0 Å². The Balaban J connectivity index is 2.23. The summed E-state index contributed by atoms with van der Waals surface area (Å²) in [4.78, 5) is 11.2. The van der Waals surface area contributed by atoms with Crippen LogP contribution in [0.2, 0.25) is 0 Å². The van der Waals surface area contributed by atoms with E-state index in [1.807, 2.05) is 13.8 Å². The molecule has 0 aliphatic heterocycles. The number of carbonyl (C=O) groups excluding carboxylic acids is 1. The van der Waals surface area contributed by atoms with Gasteiger partial charge in [-0.25, -0.2) is 4.79 Å². The third-order valence-corrected chi connectivity index (χ3v) is 1.93. The summed E-state index contributed by atoms with van der Waals surface area (Å²) in [5.74, 6) is 0. The van der Waals surface area contributed by atoms with Gasteiger partial charge in [-0.3, -0.25) is 0 Å². The summed E-state index contributed by atoms with van der Waals surface area (Å²) in [7, 11) is 0. The van der Waals surface area contributed by atoms with Gasteiger partial charge in [0.25, 0.3) is 0 Å². The quantitative estimate of drug-likeness (QED) is 0.667. The van der Waals surface area contributed by atoms with Crippen LogP contribution < -0.4 is 5.32 Å². The van der Waals surface area contributed by atoms with E-state index in [4.69, 9.17) is 4.74 Å². The zero-order valence-corrected chi connectivity index (χ0v) is 8.25. The molecule has 0 aromatic rings. The van der Waals surface area contributed by atoms with Crippen LogP contribution in [0.3, 0.4) is 0 Å². The summed E-state index contributed by atoms with van der Waals surface area (Å²) in [6.45, 7) is 3.70. The van der Waals surface area contributed by atoms with Crippen molar-refractivity contribution in [2.75, 3.05) is 0 Å². The van der Waals surface area contributed by atoms with Crippen molar-refractivity contribution in [3.63, 3.8) is 0 Å². The molecule has 0 radical (unpaired) electrons. The highest BCUT2D eigenvalue weighted by atomic mass is 16.6. The number of allylic oxidation sites excluding steroid dienone is 1. The summed E-state index contributed by atoms with van der Waals surface area (Å²) in [5.41, 5.74) is 0. The fraction of sp³-hybridized carbons (Fsp3) is 0.700. The average Bonchev–Trinajstić information content (AvgIpc) is 2.04. The number of alkyl carbamates (subject to hydrolysis) is 1. The maximum Gasteiger partial charge on any atom is 0.407 e. The minimum atomic E-state index is -0.296. The zero-order valence-electron chi connectivity index (χ0n) is 8.25. The van der Waals surface area contributed by atoms with Crippen LogP contribution in [0.5, 0.6) is 0 Å². The molecule has 1 atom stereocenters. The maximum absolute atomic E-state index is 11.2. The van der Waals surface area contributed by atoms with Crippen LogP contribution in [0.4, 0.5) is 4.79 Å². The second kappa shape index (κ2) is 4.90. The molecule has 0 aromatic carbocycles. The Hall–Kier alpha value is -0.990. The van der Waals surface area contributed by atoms with Gasteiger partial charge in [-0.2, -0.15) is 0 Å². The Kier molecular flexibility index (Phi) is 3.80. The number of ether oxygens (including phenoxy) is 1. The molecule has 13 heavy (non-hydrogen) atoms. The van der Waals surface area contributed by atoms with Gasteiger partial charge in [0.05, 0.1) is 6.10 Å². The van der Waals surface area contributed by atoms with Crippen molar-refractivity contribution in [2.24, 2.45) is 0 Å². The first kappa shape index (κ1) is 10.1. The van der Waals surface area contributed by atoms with E-state index in [2.05, 4.69) is 17.5 Å². The van der Waals surface area contributed by atoms with Crippen molar-refractivity contribution in [1.82, 2.24) is 5.32 Å². The molecule has 3 heteroatoms. The molecule has 1 amide bonds. The fourth-order valence-electron chi connectivity index (χ4n) is 1.34. The third kappa shape index (κ3) is 3.97. The second-order valence-electron chi connectivity index (χ2n) is 3.58. The number of hydrogen-bond donors (Lipinski definition) is 1. The third-order valence-electron chi connectivity index (χ3n) is 1.93. The first-order valence-corrected chi connectivity index (χ1v) is 4.80. The Morgan fingerprint density at radius 1 is 1.54 bits per heavy atom. The first-order valence-electron chi connectivity index (χ1n) is 4.80. The van der Waals surface area contributed by atoms with E-state index in [-0.39, 0.29) is 18.2 Å². The van der Waals surface area contributed by atoms with Crippen molar-refractivity contribution >= 4 is 6.09 Å². The highest BCUT2D eigenvalue weighted by molar-refractivity contribution is 5.67. The number of rotatable bonds is 2. The molecule has 1 rings (SSSR count). The SMILES string of the molecule is CC(C)OC(=O)NC1CC=CCC1. The Bertz CT molecular complexity index is 199. The largest absolute Gasteiger partial charge is 0.447 e. The molecule has 1 aliphatic rings. The second-order valence-corrected chi connectivity index (χ2v) is 3.58. The molecular weight excluding hydrogens is 166 g/mol. The van der Waals surface area contributed by atoms with Gasteiger partial charge in [-0.15, -0.1) is 0 Å². The Morgan fingerprint density at radius 3 is 2.85 bits per heavy atom. The van der Waals surface area contributed by atoms with E-state index in [0.29, 0.717) is 0 Å². The van der Waals surface area contributed by atoms with E-state index in [9.17, 15) is 4.79 Å². The highest BCUT2D eigenvalue weighted by Crippen LogP contribution is 2.10. The molecular formula is C10H17NO2. The molecule has 0 spiro atoms. The smallest absolute Gasteiger partial charge is 0.407 e. The molecule has 0 fully saturated rings. The van der Waals surface area contributed by atoms with Crippen LogP contribution in [0.25, 0.3) is 0 Å². The van der Waals surface area contributed by atoms with Crippen molar-refractivity contribution in [3.8, 4) is 0 Å². The lowest BCUT2D eigenvalue weighted by atomic mass is 10.0. The lowest BCUT2D eigenvalue weighted by Gasteiger charge is -2.19. The predicted molar refractivity (Wildman–Crippen MR) is 51.5 cm³/mol. The summed E-state index contributed by atoms with van der Waals surface area (Å²) in [6.07, 6.45) is 6.90. The van der Waals surface area contributed by atoms with E-state index in [1.165, 1.54) is 0 Å². The number of hydrogen-bond acceptors (Lipinski definition) is 2. The van der Waals surface area contributed by atoms with Gasteiger partial charge in [-0.05, 0) is 33.1 Å². The Morgan fingerprint density at radius 2 is 2.31 bits per heavy atom. The van der Waals surface area contributed by atoms with Crippen molar-refractivity contribution in [3.05, 3.63) is 12.2 Å². The molecule has 1 aliphatic carbocycles. The standard InChI is InChI=1S/C10H17NO2/c1-8(2)13-10(12)11-9-6-4-3-5-7-9/h3-4,8-9H,5-7H2,1-2H3,(H,11,12). The molecule has 0 aromatic heterocycles. The van der Waals surface area contributed by atoms with Crippen molar-refractivity contribution in [1.29, 1.82) is 0 Å². The molecule has 0 bridgehead atoms. The van der Waals surface area contributed by atoms with Crippen molar-refractivity contribution in [2.45, 2.75) is 45.3 Å². The van der Waals surface area contributed by atoms with E-state index in [0.717, 1.165) is 19.3 Å². The van der Waals surface area contributed by atoms with Gasteiger partial charge >= 0.3 is 6.09 Å². The van der Waals surface area contributed by atoms with E-state index < -0.39 is 0 Å². The van der Waals surface area contributed by atoms with Crippen LogP contribution in [0.15, 0.2) is 12.2 Å².